The Kier molecular flexibility index (Phi) is 6.44. The van der Waals surface area contributed by atoms with Crippen molar-refractivity contribution >= 4 is 75.4 Å². The van der Waals surface area contributed by atoms with Crippen molar-refractivity contribution in [2.45, 2.75) is 35.9 Å². The zero-order valence-electron chi connectivity index (χ0n) is 16.6. The van der Waals surface area contributed by atoms with Gasteiger partial charge in [0.1, 0.15) is 4.33 Å². The number of hydrogen-bond acceptors (Lipinski definition) is 3. The smallest absolute Gasteiger partial charge is 0.231 e. The minimum Gasteiger partial charge on any atom is -0.326 e. The molecule has 0 aliphatic heterocycles. The van der Waals surface area contributed by atoms with Gasteiger partial charge in [0.2, 0.25) is 5.91 Å². The molecule has 0 heterocycles. The van der Waals surface area contributed by atoms with Crippen molar-refractivity contribution in [3.63, 3.8) is 0 Å². The number of carbonyl (C=O) groups is 2. The average Bonchev–Trinajstić information content (AvgIpc) is 3.27. The first-order valence-corrected chi connectivity index (χ1v) is 11.8. The van der Waals surface area contributed by atoms with Gasteiger partial charge in [0, 0.05) is 33.6 Å². The molecule has 2 atom stereocenters. The highest BCUT2D eigenvalue weighted by atomic mass is 35.5. The summed E-state index contributed by atoms with van der Waals surface area (Å²) in [6, 6.07) is 11.9. The molecular formula is C23H17Cl5N2O2. The number of ketones is 1. The summed E-state index contributed by atoms with van der Waals surface area (Å²) in [4.78, 5) is 25.7. The van der Waals surface area contributed by atoms with Crippen LogP contribution in [-0.2, 0) is 4.79 Å². The van der Waals surface area contributed by atoms with Gasteiger partial charge in [-0.05, 0) is 54.8 Å². The van der Waals surface area contributed by atoms with Crippen LogP contribution in [0, 0.1) is 22.7 Å². The van der Waals surface area contributed by atoms with Gasteiger partial charge in [-0.3, -0.25) is 9.59 Å². The highest BCUT2D eigenvalue weighted by Crippen LogP contribution is 2.65. The lowest BCUT2D eigenvalue weighted by molar-refractivity contribution is -0.117. The predicted octanol–water partition coefficient (Wildman–Crippen LogP) is 7.44. The van der Waals surface area contributed by atoms with Gasteiger partial charge in [-0.1, -0.05) is 41.2 Å². The quantitative estimate of drug-likeness (QED) is 0.312. The second kappa shape index (κ2) is 8.70. The molecule has 32 heavy (non-hydrogen) atoms. The summed E-state index contributed by atoms with van der Waals surface area (Å²) in [5.41, 5.74) is 0.710. The van der Waals surface area contributed by atoms with E-state index in [9.17, 15) is 14.9 Å². The lowest BCUT2D eigenvalue weighted by atomic mass is 9.66. The van der Waals surface area contributed by atoms with Crippen LogP contribution < -0.4 is 5.32 Å². The molecule has 0 radical (unpaired) electrons. The third-order valence-corrected chi connectivity index (χ3v) is 7.87. The summed E-state index contributed by atoms with van der Waals surface area (Å²) < 4.78 is -1.31. The van der Waals surface area contributed by atoms with Crippen molar-refractivity contribution < 1.29 is 9.59 Å². The first-order chi connectivity index (χ1) is 15.1. The molecule has 2 unspecified atom stereocenters. The zero-order chi connectivity index (χ0) is 23.3. The molecular weight excluding hydrogens is 514 g/mol. The molecule has 0 saturated heterocycles. The van der Waals surface area contributed by atoms with E-state index in [2.05, 4.69) is 11.4 Å². The van der Waals surface area contributed by atoms with Gasteiger partial charge in [0.05, 0.1) is 22.4 Å². The van der Waals surface area contributed by atoms with Crippen LogP contribution in [-0.4, -0.2) is 16.0 Å². The Morgan fingerprint density at radius 2 is 1.72 bits per heavy atom. The van der Waals surface area contributed by atoms with Crippen molar-refractivity contribution in [3.05, 3.63) is 62.6 Å². The molecule has 0 spiro atoms. The molecule has 2 fully saturated rings. The SMILES string of the molecule is N#CC1(CC(=O)c2cc(NC(=O)C3C(c4cc(Cl)cc(Cl)c4)C3(Cl)Cl)ccc2Cl)CCC1. The van der Waals surface area contributed by atoms with Gasteiger partial charge < -0.3 is 5.32 Å². The van der Waals surface area contributed by atoms with Crippen LogP contribution in [0.4, 0.5) is 5.69 Å². The zero-order valence-corrected chi connectivity index (χ0v) is 20.4. The summed E-state index contributed by atoms with van der Waals surface area (Å²) in [5, 5.41) is 13.3. The average molecular weight is 531 g/mol. The molecule has 1 N–H and O–H groups in total. The Hall–Kier alpha value is -1.48. The van der Waals surface area contributed by atoms with E-state index < -0.39 is 27.5 Å². The molecule has 2 aliphatic carbocycles. The Balaban J connectivity index is 1.51. The van der Waals surface area contributed by atoms with Crippen LogP contribution in [0.1, 0.15) is 47.5 Å². The van der Waals surface area contributed by atoms with Crippen LogP contribution in [0.5, 0.6) is 0 Å². The monoisotopic (exact) mass is 528 g/mol. The normalized spacial score (nSPS) is 22.4. The molecule has 4 nitrogen and oxygen atoms in total. The lowest BCUT2D eigenvalue weighted by Gasteiger charge is -2.34. The number of nitrogens with zero attached hydrogens (tertiary/aromatic N) is 1. The summed E-state index contributed by atoms with van der Waals surface area (Å²) in [6.45, 7) is 0. The van der Waals surface area contributed by atoms with E-state index in [0.29, 0.717) is 34.1 Å². The topological polar surface area (TPSA) is 70.0 Å². The third-order valence-electron chi connectivity index (χ3n) is 6.16. The second-order valence-electron chi connectivity index (χ2n) is 8.36. The van der Waals surface area contributed by atoms with Crippen molar-refractivity contribution in [3.8, 4) is 6.07 Å². The number of amides is 1. The maximum Gasteiger partial charge on any atom is 0.231 e. The Labute approximate surface area is 210 Å². The standard InChI is InChI=1S/C23H17Cl5N2O2/c24-13-6-12(7-14(25)8-13)19-20(23(19,27)28)21(32)30-15-2-3-17(26)16(9-15)18(31)10-22(11-29)4-1-5-22/h2-3,6-9,19-20H,1,4-5,10H2,(H,30,32). The van der Waals surface area contributed by atoms with Crippen LogP contribution in [0.3, 0.4) is 0 Å². The van der Waals surface area contributed by atoms with Gasteiger partial charge >= 0.3 is 0 Å². The number of alkyl halides is 2. The number of rotatable bonds is 6. The predicted molar refractivity (Wildman–Crippen MR) is 128 cm³/mol. The van der Waals surface area contributed by atoms with E-state index in [1.807, 2.05) is 0 Å². The van der Waals surface area contributed by atoms with E-state index in [1.54, 1.807) is 30.3 Å². The van der Waals surface area contributed by atoms with Crippen LogP contribution in [0.15, 0.2) is 36.4 Å². The number of nitriles is 1. The summed E-state index contributed by atoms with van der Waals surface area (Å²) >= 11 is 31.2. The van der Waals surface area contributed by atoms with Crippen molar-refractivity contribution in [2.75, 3.05) is 5.32 Å². The fourth-order valence-electron chi connectivity index (χ4n) is 4.19. The number of carbonyl (C=O) groups excluding carboxylic acids is 2. The maximum atomic E-state index is 12.9. The van der Waals surface area contributed by atoms with Gasteiger partial charge in [0.25, 0.3) is 0 Å². The Morgan fingerprint density at radius 1 is 1.06 bits per heavy atom. The molecule has 166 valence electrons. The fraction of sp³-hybridized carbons (Fsp3) is 0.348. The van der Waals surface area contributed by atoms with E-state index in [-0.39, 0.29) is 22.8 Å². The minimum absolute atomic E-state index is 0.104. The second-order valence-corrected chi connectivity index (χ2v) is 11.1. The highest BCUT2D eigenvalue weighted by molar-refractivity contribution is 6.53. The highest BCUT2D eigenvalue weighted by Gasteiger charge is 2.67. The largest absolute Gasteiger partial charge is 0.326 e. The molecule has 4 rings (SSSR count). The van der Waals surface area contributed by atoms with Gasteiger partial charge in [-0.15, -0.1) is 23.2 Å². The number of nitrogens with one attached hydrogen (secondary N) is 1. The molecule has 0 bridgehead atoms. The van der Waals surface area contributed by atoms with E-state index in [1.165, 1.54) is 6.07 Å². The number of halogens is 5. The van der Waals surface area contributed by atoms with Crippen LogP contribution >= 0.6 is 58.0 Å². The fourth-order valence-corrected chi connectivity index (χ4v) is 5.79. The van der Waals surface area contributed by atoms with E-state index in [4.69, 9.17) is 58.0 Å². The maximum absolute atomic E-state index is 12.9. The molecule has 2 aromatic carbocycles. The first-order valence-electron chi connectivity index (χ1n) is 9.95. The summed E-state index contributed by atoms with van der Waals surface area (Å²) in [6.07, 6.45) is 2.44. The van der Waals surface area contributed by atoms with Gasteiger partial charge in [-0.2, -0.15) is 5.26 Å². The molecule has 2 aromatic rings. The van der Waals surface area contributed by atoms with Crippen molar-refractivity contribution in [1.82, 2.24) is 0 Å². The Morgan fingerprint density at radius 3 is 2.28 bits per heavy atom. The van der Waals surface area contributed by atoms with Crippen LogP contribution in [0.25, 0.3) is 0 Å². The van der Waals surface area contributed by atoms with E-state index in [0.717, 1.165) is 6.42 Å². The van der Waals surface area contributed by atoms with E-state index >= 15 is 0 Å². The first kappa shape index (κ1) is 23.7. The van der Waals surface area contributed by atoms with Gasteiger partial charge in [-0.25, -0.2) is 0 Å². The molecule has 1 amide bonds. The van der Waals surface area contributed by atoms with Gasteiger partial charge in [0.15, 0.2) is 5.78 Å². The summed E-state index contributed by atoms with van der Waals surface area (Å²) in [5.74, 6) is -1.84. The minimum atomic E-state index is -1.31. The summed E-state index contributed by atoms with van der Waals surface area (Å²) in [7, 11) is 0. The number of anilines is 1. The molecule has 0 aromatic heterocycles. The van der Waals surface area contributed by atoms with Crippen molar-refractivity contribution in [1.29, 1.82) is 5.26 Å². The molecule has 2 saturated carbocycles. The van der Waals surface area contributed by atoms with Crippen molar-refractivity contribution in [2.24, 2.45) is 11.3 Å². The molecule has 2 aliphatic rings. The number of Topliss-reactive ketones (excluding diaryl/α,β-unsaturated/α-hetero) is 1. The third kappa shape index (κ3) is 4.47. The number of hydrogen-bond donors (Lipinski definition) is 1. The van der Waals surface area contributed by atoms with Crippen LogP contribution in [0.2, 0.25) is 15.1 Å². The number of benzene rings is 2. The lowest BCUT2D eigenvalue weighted by Crippen LogP contribution is -2.30. The molecule has 9 heteroatoms. The Bertz CT molecular complexity index is 1130.